The van der Waals surface area contributed by atoms with Crippen LogP contribution in [0.15, 0.2) is 12.3 Å². The van der Waals surface area contributed by atoms with E-state index < -0.39 is 0 Å². The van der Waals surface area contributed by atoms with E-state index in [1.165, 1.54) is 4.88 Å². The Morgan fingerprint density at radius 1 is 1.25 bits per heavy atom. The maximum absolute atomic E-state index is 5.46. The molecule has 0 unspecified atom stereocenters. The third-order valence-corrected chi connectivity index (χ3v) is 3.55. The summed E-state index contributed by atoms with van der Waals surface area (Å²) < 4.78 is 0. The molecule has 20 heavy (non-hydrogen) atoms. The lowest BCUT2D eigenvalue weighted by atomic mass is 9.96. The van der Waals surface area contributed by atoms with E-state index in [2.05, 4.69) is 46.5 Å². The highest BCUT2D eigenvalue weighted by atomic mass is 32.1. The van der Waals surface area contributed by atoms with E-state index in [9.17, 15) is 0 Å². The van der Waals surface area contributed by atoms with Gasteiger partial charge in [0.05, 0.1) is 6.54 Å². The van der Waals surface area contributed by atoms with Crippen LogP contribution in [0, 0.1) is 6.92 Å². The van der Waals surface area contributed by atoms with E-state index in [0.717, 1.165) is 16.6 Å². The molecule has 4 N–H and O–H groups in total. The first kappa shape index (κ1) is 14.7. The Hall–Kier alpha value is -1.73. The second-order valence-electron chi connectivity index (χ2n) is 5.57. The molecule has 6 nitrogen and oxygen atoms in total. The van der Waals surface area contributed by atoms with Crippen LogP contribution < -0.4 is 16.6 Å². The summed E-state index contributed by atoms with van der Waals surface area (Å²) in [5, 5.41) is 4.29. The van der Waals surface area contributed by atoms with Crippen molar-refractivity contribution in [1.82, 2.24) is 15.0 Å². The zero-order valence-electron chi connectivity index (χ0n) is 12.2. The summed E-state index contributed by atoms with van der Waals surface area (Å²) in [4.78, 5) is 14.4. The molecule has 0 saturated heterocycles. The van der Waals surface area contributed by atoms with Gasteiger partial charge in [0.25, 0.3) is 0 Å². The fourth-order valence-electron chi connectivity index (χ4n) is 1.60. The van der Waals surface area contributed by atoms with Crippen molar-refractivity contribution in [3.8, 4) is 0 Å². The average Bonchev–Trinajstić information content (AvgIpc) is 2.81. The van der Waals surface area contributed by atoms with Crippen LogP contribution in [0.25, 0.3) is 0 Å². The van der Waals surface area contributed by atoms with Gasteiger partial charge in [-0.3, -0.25) is 0 Å². The molecule has 0 radical (unpaired) electrons. The van der Waals surface area contributed by atoms with Crippen LogP contribution in [0.1, 0.15) is 36.5 Å². The minimum atomic E-state index is -0.138. The van der Waals surface area contributed by atoms with E-state index in [0.29, 0.717) is 12.4 Å². The number of nitrogens with two attached hydrogens (primary N) is 1. The normalized spacial score (nSPS) is 11.4. The van der Waals surface area contributed by atoms with Crippen LogP contribution in [-0.4, -0.2) is 15.0 Å². The highest BCUT2D eigenvalue weighted by Gasteiger charge is 2.19. The van der Waals surface area contributed by atoms with Gasteiger partial charge in [-0.15, -0.1) is 11.3 Å². The molecule has 0 aliphatic heterocycles. The number of thiazole rings is 1. The molecule has 0 spiro atoms. The third kappa shape index (κ3) is 3.64. The molecule has 0 fully saturated rings. The molecule has 2 aromatic rings. The van der Waals surface area contributed by atoms with Gasteiger partial charge in [0.2, 0.25) is 0 Å². The van der Waals surface area contributed by atoms with Crippen LogP contribution in [0.3, 0.4) is 0 Å². The SMILES string of the molecule is Cc1cnc(CNc2cc(NN)nc(C(C)(C)C)n2)s1. The predicted molar refractivity (Wildman–Crippen MR) is 82.7 cm³/mol. The summed E-state index contributed by atoms with van der Waals surface area (Å²) in [6.07, 6.45) is 1.87. The molecule has 108 valence electrons. The lowest BCUT2D eigenvalue weighted by Gasteiger charge is -2.18. The van der Waals surface area contributed by atoms with Crippen LogP contribution in [-0.2, 0) is 12.0 Å². The lowest BCUT2D eigenvalue weighted by molar-refractivity contribution is 0.546. The minimum absolute atomic E-state index is 0.138. The van der Waals surface area contributed by atoms with Crippen molar-refractivity contribution in [3.63, 3.8) is 0 Å². The number of nitrogens with one attached hydrogen (secondary N) is 2. The van der Waals surface area contributed by atoms with Gasteiger partial charge < -0.3 is 10.7 Å². The Labute approximate surface area is 122 Å². The number of aromatic nitrogens is 3. The number of nitrogen functional groups attached to an aromatic ring is 1. The van der Waals surface area contributed by atoms with Crippen molar-refractivity contribution < 1.29 is 0 Å². The van der Waals surface area contributed by atoms with Gasteiger partial charge in [0.1, 0.15) is 22.5 Å². The largest absolute Gasteiger partial charge is 0.363 e. The second kappa shape index (κ2) is 5.72. The monoisotopic (exact) mass is 292 g/mol. The van der Waals surface area contributed by atoms with E-state index >= 15 is 0 Å². The molecule has 0 aliphatic rings. The van der Waals surface area contributed by atoms with Crippen molar-refractivity contribution in [2.45, 2.75) is 39.7 Å². The van der Waals surface area contributed by atoms with E-state index in [-0.39, 0.29) is 5.41 Å². The molecule has 2 heterocycles. The summed E-state index contributed by atoms with van der Waals surface area (Å²) in [7, 11) is 0. The Balaban J connectivity index is 2.18. The summed E-state index contributed by atoms with van der Waals surface area (Å²) in [6, 6.07) is 1.79. The molecule has 0 saturated carbocycles. The zero-order chi connectivity index (χ0) is 14.8. The van der Waals surface area contributed by atoms with Gasteiger partial charge in [-0.1, -0.05) is 20.8 Å². The number of hydrazine groups is 1. The Morgan fingerprint density at radius 2 is 1.95 bits per heavy atom. The van der Waals surface area contributed by atoms with Gasteiger partial charge in [0, 0.05) is 22.6 Å². The number of aryl methyl sites for hydroxylation is 1. The Morgan fingerprint density at radius 3 is 2.50 bits per heavy atom. The molecule has 0 amide bonds. The number of anilines is 2. The Bertz CT molecular complexity index is 587. The van der Waals surface area contributed by atoms with Gasteiger partial charge >= 0.3 is 0 Å². The van der Waals surface area contributed by atoms with Crippen molar-refractivity contribution >= 4 is 23.0 Å². The smallest absolute Gasteiger partial charge is 0.145 e. The predicted octanol–water partition coefficient (Wildman–Crippen LogP) is 2.44. The van der Waals surface area contributed by atoms with Gasteiger partial charge in [-0.25, -0.2) is 20.8 Å². The zero-order valence-corrected chi connectivity index (χ0v) is 13.0. The number of hydrogen-bond donors (Lipinski definition) is 3. The highest BCUT2D eigenvalue weighted by Crippen LogP contribution is 2.22. The summed E-state index contributed by atoms with van der Waals surface area (Å²) in [5.41, 5.74) is 2.44. The summed E-state index contributed by atoms with van der Waals surface area (Å²) in [5.74, 6) is 7.55. The van der Waals surface area contributed by atoms with Crippen molar-refractivity contribution in [2.24, 2.45) is 5.84 Å². The maximum atomic E-state index is 5.46. The lowest BCUT2D eigenvalue weighted by Crippen LogP contribution is -2.20. The van der Waals surface area contributed by atoms with E-state index in [1.54, 1.807) is 17.4 Å². The van der Waals surface area contributed by atoms with Crippen molar-refractivity contribution in [1.29, 1.82) is 0 Å². The molecule has 0 atom stereocenters. The fourth-order valence-corrected chi connectivity index (χ4v) is 2.32. The fraction of sp³-hybridized carbons (Fsp3) is 0.462. The highest BCUT2D eigenvalue weighted by molar-refractivity contribution is 7.11. The van der Waals surface area contributed by atoms with Crippen LogP contribution in [0.5, 0.6) is 0 Å². The first-order valence-electron chi connectivity index (χ1n) is 6.40. The molecule has 0 bridgehead atoms. The number of nitrogens with zero attached hydrogens (tertiary/aromatic N) is 3. The van der Waals surface area contributed by atoms with Crippen LogP contribution in [0.4, 0.5) is 11.6 Å². The third-order valence-electron chi connectivity index (χ3n) is 2.63. The standard InChI is InChI=1S/C13H20N6S/c1-8-6-16-11(20-8)7-15-9-5-10(19-14)18-12(17-9)13(2,3)4/h5-6H,7,14H2,1-4H3,(H2,15,17,18,19). The topological polar surface area (TPSA) is 88.8 Å². The molecule has 2 rings (SSSR count). The number of hydrogen-bond acceptors (Lipinski definition) is 7. The van der Waals surface area contributed by atoms with Crippen LogP contribution in [0.2, 0.25) is 0 Å². The molecular formula is C13H20N6S. The molecule has 0 aliphatic carbocycles. The first-order chi connectivity index (χ1) is 9.38. The molecule has 0 aromatic carbocycles. The van der Waals surface area contributed by atoms with E-state index in [1.807, 2.05) is 13.1 Å². The second-order valence-corrected chi connectivity index (χ2v) is 6.89. The van der Waals surface area contributed by atoms with Gasteiger partial charge in [-0.05, 0) is 6.92 Å². The molecule has 2 aromatic heterocycles. The summed E-state index contributed by atoms with van der Waals surface area (Å²) in [6.45, 7) is 8.88. The van der Waals surface area contributed by atoms with Crippen LogP contribution >= 0.6 is 11.3 Å². The van der Waals surface area contributed by atoms with Gasteiger partial charge in [-0.2, -0.15) is 0 Å². The molecule has 7 heteroatoms. The minimum Gasteiger partial charge on any atom is -0.363 e. The van der Waals surface area contributed by atoms with Crippen molar-refractivity contribution in [3.05, 3.63) is 28.0 Å². The van der Waals surface area contributed by atoms with E-state index in [4.69, 9.17) is 5.84 Å². The maximum Gasteiger partial charge on any atom is 0.145 e. The first-order valence-corrected chi connectivity index (χ1v) is 7.21. The Kier molecular flexibility index (Phi) is 4.20. The number of rotatable bonds is 4. The summed E-state index contributed by atoms with van der Waals surface area (Å²) >= 11 is 1.67. The van der Waals surface area contributed by atoms with Gasteiger partial charge in [0.15, 0.2) is 0 Å². The average molecular weight is 292 g/mol. The molecular weight excluding hydrogens is 272 g/mol. The van der Waals surface area contributed by atoms with Crippen molar-refractivity contribution in [2.75, 3.05) is 10.7 Å². The quantitative estimate of drug-likeness (QED) is 0.592.